The van der Waals surface area contributed by atoms with E-state index in [1.165, 1.54) is 90.6 Å². The Morgan fingerprint density at radius 3 is 1.42 bits per heavy atom. The summed E-state index contributed by atoms with van der Waals surface area (Å²) in [6, 6.07) is 0. The van der Waals surface area contributed by atoms with E-state index in [-0.39, 0.29) is 5.97 Å². The van der Waals surface area contributed by atoms with E-state index in [0.717, 1.165) is 25.7 Å². The van der Waals surface area contributed by atoms with Gasteiger partial charge in [-0.1, -0.05) is 117 Å². The third-order valence-electron chi connectivity index (χ3n) is 5.70. The van der Waals surface area contributed by atoms with Crippen molar-refractivity contribution in [1.82, 2.24) is 0 Å². The SMILES string of the molecule is CCCCCCCCCCC(C)(N)C(=O)OC.CCCCCCCCCCCC(=O)O. The van der Waals surface area contributed by atoms with Crippen molar-refractivity contribution in [2.75, 3.05) is 7.11 Å². The van der Waals surface area contributed by atoms with E-state index >= 15 is 0 Å². The van der Waals surface area contributed by atoms with Crippen LogP contribution in [0.25, 0.3) is 0 Å². The number of unbranched alkanes of at least 4 members (excludes halogenated alkanes) is 15. The standard InChI is InChI=1S/C14H29NO2.C12H24O2/c1-4-5-6-7-8-9-10-11-12-14(2,15)13(16)17-3;1-2-3-4-5-6-7-8-9-10-11-12(13)14/h4-12,15H2,1-3H3;2-11H2,1H3,(H,13,14). The van der Waals surface area contributed by atoms with Gasteiger partial charge in [-0.2, -0.15) is 0 Å². The van der Waals surface area contributed by atoms with E-state index in [0.29, 0.717) is 12.8 Å². The number of esters is 1. The van der Waals surface area contributed by atoms with Crippen LogP contribution < -0.4 is 5.73 Å². The van der Waals surface area contributed by atoms with E-state index in [9.17, 15) is 9.59 Å². The third kappa shape index (κ3) is 25.0. The lowest BCUT2D eigenvalue weighted by molar-refractivity contribution is -0.146. The van der Waals surface area contributed by atoms with Gasteiger partial charge >= 0.3 is 11.9 Å². The highest BCUT2D eigenvalue weighted by Crippen LogP contribution is 2.15. The van der Waals surface area contributed by atoms with Gasteiger partial charge < -0.3 is 15.6 Å². The number of carbonyl (C=O) groups is 2. The summed E-state index contributed by atoms with van der Waals surface area (Å²) in [4.78, 5) is 21.5. The zero-order valence-corrected chi connectivity index (χ0v) is 21.2. The zero-order valence-electron chi connectivity index (χ0n) is 21.2. The van der Waals surface area contributed by atoms with Crippen LogP contribution in [0.15, 0.2) is 0 Å². The van der Waals surface area contributed by atoms with Crippen molar-refractivity contribution in [1.29, 1.82) is 0 Å². The Labute approximate surface area is 192 Å². The van der Waals surface area contributed by atoms with Crippen LogP contribution in [0.3, 0.4) is 0 Å². The molecule has 0 fully saturated rings. The van der Waals surface area contributed by atoms with Crippen molar-refractivity contribution >= 4 is 11.9 Å². The van der Waals surface area contributed by atoms with Crippen molar-refractivity contribution in [3.05, 3.63) is 0 Å². The second-order valence-corrected chi connectivity index (χ2v) is 9.11. The van der Waals surface area contributed by atoms with Gasteiger partial charge in [-0.25, -0.2) is 0 Å². The van der Waals surface area contributed by atoms with Gasteiger partial charge in [-0.05, 0) is 19.8 Å². The minimum absolute atomic E-state index is 0.305. The molecular formula is C26H53NO4. The Bertz CT molecular complexity index is 410. The van der Waals surface area contributed by atoms with Gasteiger partial charge in [0.1, 0.15) is 5.54 Å². The maximum Gasteiger partial charge on any atom is 0.325 e. The molecule has 0 aliphatic heterocycles. The first-order valence-electron chi connectivity index (χ1n) is 12.9. The highest BCUT2D eigenvalue weighted by atomic mass is 16.5. The summed E-state index contributed by atoms with van der Waals surface area (Å²) in [7, 11) is 1.39. The third-order valence-corrected chi connectivity index (χ3v) is 5.70. The minimum Gasteiger partial charge on any atom is -0.481 e. The fraction of sp³-hybridized carbons (Fsp3) is 0.923. The van der Waals surface area contributed by atoms with Crippen LogP contribution in [-0.2, 0) is 14.3 Å². The molecule has 0 saturated carbocycles. The summed E-state index contributed by atoms with van der Waals surface area (Å²) in [5, 5.41) is 8.41. The highest BCUT2D eigenvalue weighted by Gasteiger charge is 2.28. The summed E-state index contributed by atoms with van der Waals surface area (Å²) in [6.45, 7) is 6.21. The van der Waals surface area contributed by atoms with Gasteiger partial charge in [-0.3, -0.25) is 9.59 Å². The molecule has 0 spiro atoms. The number of carboxylic acid groups (broad SMARTS) is 1. The number of methoxy groups -OCH3 is 1. The summed E-state index contributed by atoms with van der Waals surface area (Å²) in [5.74, 6) is -0.964. The van der Waals surface area contributed by atoms with Crippen molar-refractivity contribution in [3.63, 3.8) is 0 Å². The Kier molecular flexibility index (Phi) is 24.4. The number of hydrogen-bond acceptors (Lipinski definition) is 4. The normalized spacial score (nSPS) is 12.5. The number of ether oxygens (including phenoxy) is 1. The molecule has 3 N–H and O–H groups in total. The molecule has 1 atom stereocenters. The van der Waals surface area contributed by atoms with Gasteiger partial charge in [0, 0.05) is 6.42 Å². The van der Waals surface area contributed by atoms with Gasteiger partial charge in [0.05, 0.1) is 7.11 Å². The first-order valence-corrected chi connectivity index (χ1v) is 12.9. The van der Waals surface area contributed by atoms with Crippen LogP contribution in [0, 0.1) is 0 Å². The van der Waals surface area contributed by atoms with Crippen molar-refractivity contribution in [2.24, 2.45) is 5.73 Å². The number of carbonyl (C=O) groups excluding carboxylic acids is 1. The van der Waals surface area contributed by atoms with Gasteiger partial charge in [0.15, 0.2) is 0 Å². The zero-order chi connectivity index (χ0) is 23.8. The second-order valence-electron chi connectivity index (χ2n) is 9.11. The molecule has 0 saturated heterocycles. The number of aliphatic carboxylic acids is 1. The predicted octanol–water partition coefficient (Wildman–Crippen LogP) is 7.40. The molecule has 0 aromatic rings. The number of nitrogens with two attached hydrogens (primary N) is 1. The molecule has 0 amide bonds. The molecule has 0 heterocycles. The Morgan fingerprint density at radius 2 is 1.06 bits per heavy atom. The van der Waals surface area contributed by atoms with Crippen LogP contribution in [0.5, 0.6) is 0 Å². The van der Waals surface area contributed by atoms with Gasteiger partial charge in [0.2, 0.25) is 0 Å². The molecule has 0 aromatic heterocycles. The quantitative estimate of drug-likeness (QED) is 0.151. The molecule has 0 radical (unpaired) electrons. The smallest absolute Gasteiger partial charge is 0.325 e. The Hall–Kier alpha value is -1.10. The molecule has 5 nitrogen and oxygen atoms in total. The molecule has 5 heteroatoms. The van der Waals surface area contributed by atoms with Crippen LogP contribution in [0.4, 0.5) is 0 Å². The second kappa shape index (κ2) is 23.6. The number of rotatable bonds is 20. The lowest BCUT2D eigenvalue weighted by atomic mass is 9.95. The summed E-state index contributed by atoms with van der Waals surface area (Å²) >= 11 is 0. The lowest BCUT2D eigenvalue weighted by Gasteiger charge is -2.20. The maximum atomic E-state index is 11.3. The maximum absolute atomic E-state index is 11.3. The van der Waals surface area contributed by atoms with Crippen molar-refractivity contribution < 1.29 is 19.4 Å². The first kappa shape index (κ1) is 32.1. The molecule has 0 aromatic carbocycles. The van der Waals surface area contributed by atoms with E-state index in [2.05, 4.69) is 18.6 Å². The predicted molar refractivity (Wildman–Crippen MR) is 131 cm³/mol. The molecule has 1 unspecified atom stereocenters. The van der Waals surface area contributed by atoms with Crippen LogP contribution in [0.2, 0.25) is 0 Å². The lowest BCUT2D eigenvalue weighted by Crippen LogP contribution is -2.45. The summed E-state index contributed by atoms with van der Waals surface area (Å²) in [5.41, 5.74) is 5.07. The van der Waals surface area contributed by atoms with Gasteiger partial charge in [-0.15, -0.1) is 0 Å². The van der Waals surface area contributed by atoms with Gasteiger partial charge in [0.25, 0.3) is 0 Å². The van der Waals surface area contributed by atoms with Crippen molar-refractivity contribution in [3.8, 4) is 0 Å². The number of carboxylic acids is 1. The van der Waals surface area contributed by atoms with Crippen LogP contribution in [-0.4, -0.2) is 29.7 Å². The summed E-state index contributed by atoms with van der Waals surface area (Å²) in [6.07, 6.45) is 22.3. The molecule has 31 heavy (non-hydrogen) atoms. The van der Waals surface area contributed by atoms with E-state index in [4.69, 9.17) is 10.8 Å². The Morgan fingerprint density at radius 1 is 0.710 bits per heavy atom. The van der Waals surface area contributed by atoms with E-state index in [1.54, 1.807) is 6.92 Å². The van der Waals surface area contributed by atoms with Crippen LogP contribution in [0.1, 0.15) is 143 Å². The molecule has 0 bridgehead atoms. The fourth-order valence-corrected chi connectivity index (χ4v) is 3.55. The molecule has 0 aliphatic carbocycles. The van der Waals surface area contributed by atoms with E-state index in [1.807, 2.05) is 0 Å². The van der Waals surface area contributed by atoms with Crippen LogP contribution >= 0.6 is 0 Å². The molecule has 186 valence electrons. The largest absolute Gasteiger partial charge is 0.481 e. The van der Waals surface area contributed by atoms with E-state index < -0.39 is 11.5 Å². The molecule has 0 rings (SSSR count). The molecular weight excluding hydrogens is 390 g/mol. The summed E-state index contributed by atoms with van der Waals surface area (Å²) < 4.78 is 4.67. The monoisotopic (exact) mass is 443 g/mol. The van der Waals surface area contributed by atoms with Crippen molar-refractivity contribution in [2.45, 2.75) is 148 Å². The molecule has 0 aliphatic rings. The highest BCUT2D eigenvalue weighted by molar-refractivity contribution is 5.79. The fourth-order valence-electron chi connectivity index (χ4n) is 3.55. The Balaban J connectivity index is 0. The first-order chi connectivity index (χ1) is 14.8. The average Bonchev–Trinajstić information content (AvgIpc) is 2.74. The average molecular weight is 444 g/mol. The minimum atomic E-state index is -0.809. The number of hydrogen-bond donors (Lipinski definition) is 2. The topological polar surface area (TPSA) is 89.6 Å².